The number of likely N-dealkylation sites (tertiary alicyclic amines) is 1. The molecule has 5 nitrogen and oxygen atoms in total. The third kappa shape index (κ3) is 4.63. The van der Waals surface area contributed by atoms with Crippen molar-refractivity contribution < 1.29 is 14.3 Å². The largest absolute Gasteiger partial charge is 0.490 e. The summed E-state index contributed by atoms with van der Waals surface area (Å²) in [6.45, 7) is 4.53. The summed E-state index contributed by atoms with van der Waals surface area (Å²) < 4.78 is 11.2. The Morgan fingerprint density at radius 1 is 1.33 bits per heavy atom. The van der Waals surface area contributed by atoms with E-state index in [2.05, 4.69) is 0 Å². The highest BCUT2D eigenvalue weighted by Crippen LogP contribution is 2.26. The van der Waals surface area contributed by atoms with E-state index >= 15 is 0 Å². The first kappa shape index (κ1) is 15.6. The normalized spacial score (nSPS) is 17.8. The summed E-state index contributed by atoms with van der Waals surface area (Å²) in [6, 6.07) is 7.73. The molecule has 1 fully saturated rings. The molecule has 1 heterocycles. The van der Waals surface area contributed by atoms with Gasteiger partial charge in [-0.2, -0.15) is 0 Å². The average Bonchev–Trinajstić information content (AvgIpc) is 2.92. The van der Waals surface area contributed by atoms with Crippen molar-refractivity contribution in [2.75, 3.05) is 26.3 Å². The SMILES string of the molecule is CCOc1ccccc1OCCCC(=O)N1CC[C@H](N)C1. The number of rotatable bonds is 7. The van der Waals surface area contributed by atoms with Crippen LogP contribution in [-0.2, 0) is 4.79 Å². The number of benzene rings is 1. The van der Waals surface area contributed by atoms with Gasteiger partial charge in [-0.3, -0.25) is 4.79 Å². The molecule has 2 N–H and O–H groups in total. The molecule has 0 unspecified atom stereocenters. The Balaban J connectivity index is 1.71. The van der Waals surface area contributed by atoms with Crippen molar-refractivity contribution in [3.63, 3.8) is 0 Å². The van der Waals surface area contributed by atoms with Crippen molar-refractivity contribution in [2.45, 2.75) is 32.2 Å². The minimum atomic E-state index is 0.142. The molecule has 0 aromatic heterocycles. The Morgan fingerprint density at radius 2 is 2.05 bits per heavy atom. The first-order chi connectivity index (χ1) is 10.2. The highest BCUT2D eigenvalue weighted by atomic mass is 16.5. The molecule has 0 saturated carbocycles. The zero-order valence-electron chi connectivity index (χ0n) is 12.6. The van der Waals surface area contributed by atoms with Gasteiger partial charge in [0.15, 0.2) is 11.5 Å². The molecule has 5 heteroatoms. The number of nitrogens with zero attached hydrogens (tertiary/aromatic N) is 1. The van der Waals surface area contributed by atoms with E-state index in [1.807, 2.05) is 36.1 Å². The van der Waals surface area contributed by atoms with Crippen LogP contribution in [-0.4, -0.2) is 43.2 Å². The van der Waals surface area contributed by atoms with Crippen LogP contribution in [0.1, 0.15) is 26.2 Å². The maximum absolute atomic E-state index is 12.0. The van der Waals surface area contributed by atoms with Gasteiger partial charge in [0.2, 0.25) is 5.91 Å². The van der Waals surface area contributed by atoms with Gasteiger partial charge >= 0.3 is 0 Å². The third-order valence-corrected chi connectivity index (χ3v) is 3.52. The number of ether oxygens (including phenoxy) is 2. The van der Waals surface area contributed by atoms with Crippen LogP contribution < -0.4 is 15.2 Å². The van der Waals surface area contributed by atoms with Crippen LogP contribution in [0.3, 0.4) is 0 Å². The lowest BCUT2D eigenvalue weighted by atomic mass is 10.3. The second kappa shape index (κ2) is 7.88. The van der Waals surface area contributed by atoms with Crippen LogP contribution >= 0.6 is 0 Å². The van der Waals surface area contributed by atoms with Crippen LogP contribution in [0.4, 0.5) is 0 Å². The molecule has 0 spiro atoms. The average molecular weight is 292 g/mol. The summed E-state index contributed by atoms with van der Waals surface area (Å²) >= 11 is 0. The number of para-hydroxylation sites is 2. The molecular weight excluding hydrogens is 268 g/mol. The quantitative estimate of drug-likeness (QED) is 0.778. The molecule has 1 aromatic rings. The second-order valence-corrected chi connectivity index (χ2v) is 5.22. The lowest BCUT2D eigenvalue weighted by molar-refractivity contribution is -0.130. The lowest BCUT2D eigenvalue weighted by Gasteiger charge is -2.16. The molecule has 0 radical (unpaired) electrons. The Kier molecular flexibility index (Phi) is 5.87. The van der Waals surface area contributed by atoms with E-state index < -0.39 is 0 Å². The summed E-state index contributed by atoms with van der Waals surface area (Å²) in [4.78, 5) is 13.8. The predicted octanol–water partition coefficient (Wildman–Crippen LogP) is 1.80. The fraction of sp³-hybridized carbons (Fsp3) is 0.562. The summed E-state index contributed by atoms with van der Waals surface area (Å²) in [7, 11) is 0. The van der Waals surface area contributed by atoms with E-state index in [0.717, 1.165) is 24.5 Å². The van der Waals surface area contributed by atoms with Gasteiger partial charge in [0.05, 0.1) is 13.2 Å². The molecule has 2 rings (SSSR count). The second-order valence-electron chi connectivity index (χ2n) is 5.22. The smallest absolute Gasteiger partial charge is 0.222 e. The van der Waals surface area contributed by atoms with Crippen molar-refractivity contribution in [3.8, 4) is 11.5 Å². The van der Waals surface area contributed by atoms with Crippen molar-refractivity contribution in [1.29, 1.82) is 0 Å². The minimum Gasteiger partial charge on any atom is -0.490 e. The molecule has 21 heavy (non-hydrogen) atoms. The molecule has 1 saturated heterocycles. The number of hydrogen-bond acceptors (Lipinski definition) is 4. The van der Waals surface area contributed by atoms with E-state index in [1.54, 1.807) is 0 Å². The van der Waals surface area contributed by atoms with Crippen molar-refractivity contribution in [2.24, 2.45) is 5.73 Å². The summed E-state index contributed by atoms with van der Waals surface area (Å²) in [5, 5.41) is 0. The Labute approximate surface area is 126 Å². The Bertz CT molecular complexity index is 465. The number of amides is 1. The maximum Gasteiger partial charge on any atom is 0.222 e. The fourth-order valence-corrected chi connectivity index (χ4v) is 2.42. The number of carbonyl (C=O) groups is 1. The minimum absolute atomic E-state index is 0.142. The monoisotopic (exact) mass is 292 g/mol. The Hall–Kier alpha value is -1.75. The first-order valence-electron chi connectivity index (χ1n) is 7.58. The highest BCUT2D eigenvalue weighted by Gasteiger charge is 2.22. The molecule has 0 bridgehead atoms. The topological polar surface area (TPSA) is 64.8 Å². The lowest BCUT2D eigenvalue weighted by Crippen LogP contribution is -2.31. The molecule has 1 aliphatic rings. The zero-order valence-corrected chi connectivity index (χ0v) is 12.6. The van der Waals surface area contributed by atoms with Crippen LogP contribution in [0.15, 0.2) is 24.3 Å². The summed E-state index contributed by atoms with van der Waals surface area (Å²) in [6.07, 6.45) is 2.11. The standard InChI is InChI=1S/C16H24N2O3/c1-2-20-14-6-3-4-7-15(14)21-11-5-8-16(19)18-10-9-13(17)12-18/h3-4,6-7,13H,2,5,8-12,17H2,1H3/t13-/m0/s1. The van der Waals surface area contributed by atoms with Gasteiger partial charge in [0, 0.05) is 25.6 Å². The molecule has 0 aliphatic carbocycles. The van der Waals surface area contributed by atoms with Crippen LogP contribution in [0.5, 0.6) is 11.5 Å². The molecule has 1 atom stereocenters. The van der Waals surface area contributed by atoms with Crippen molar-refractivity contribution >= 4 is 5.91 Å². The number of carbonyl (C=O) groups excluding carboxylic acids is 1. The number of nitrogens with two attached hydrogens (primary N) is 1. The van der Waals surface area contributed by atoms with Crippen LogP contribution in [0, 0.1) is 0 Å². The van der Waals surface area contributed by atoms with Gasteiger partial charge in [-0.15, -0.1) is 0 Å². The van der Waals surface area contributed by atoms with E-state index in [-0.39, 0.29) is 11.9 Å². The zero-order chi connectivity index (χ0) is 15.1. The highest BCUT2D eigenvalue weighted by molar-refractivity contribution is 5.76. The molecule has 116 valence electrons. The van der Waals surface area contributed by atoms with Gasteiger partial charge in [-0.1, -0.05) is 12.1 Å². The van der Waals surface area contributed by atoms with Crippen molar-refractivity contribution in [1.82, 2.24) is 4.90 Å². The molecular formula is C16H24N2O3. The fourth-order valence-electron chi connectivity index (χ4n) is 2.42. The van der Waals surface area contributed by atoms with Gasteiger partial charge in [0.1, 0.15) is 0 Å². The van der Waals surface area contributed by atoms with Gasteiger partial charge < -0.3 is 20.1 Å². The van der Waals surface area contributed by atoms with Gasteiger partial charge in [0.25, 0.3) is 0 Å². The number of hydrogen-bond donors (Lipinski definition) is 1. The van der Waals surface area contributed by atoms with E-state index in [9.17, 15) is 4.79 Å². The summed E-state index contributed by atoms with van der Waals surface area (Å²) in [5.74, 6) is 1.65. The Morgan fingerprint density at radius 3 is 2.67 bits per heavy atom. The van der Waals surface area contributed by atoms with Crippen LogP contribution in [0.25, 0.3) is 0 Å². The summed E-state index contributed by atoms with van der Waals surface area (Å²) in [5.41, 5.74) is 5.81. The molecule has 1 aromatic carbocycles. The van der Waals surface area contributed by atoms with Gasteiger partial charge in [-0.25, -0.2) is 0 Å². The molecule has 1 aliphatic heterocycles. The van der Waals surface area contributed by atoms with Crippen molar-refractivity contribution in [3.05, 3.63) is 24.3 Å². The van der Waals surface area contributed by atoms with Crippen LogP contribution in [0.2, 0.25) is 0 Å². The van der Waals surface area contributed by atoms with E-state index in [4.69, 9.17) is 15.2 Å². The molecule has 1 amide bonds. The maximum atomic E-state index is 12.0. The first-order valence-corrected chi connectivity index (χ1v) is 7.58. The predicted molar refractivity (Wildman–Crippen MR) is 81.5 cm³/mol. The van der Waals surface area contributed by atoms with E-state index in [0.29, 0.717) is 32.6 Å². The van der Waals surface area contributed by atoms with Gasteiger partial charge in [-0.05, 0) is 31.9 Å². The third-order valence-electron chi connectivity index (χ3n) is 3.52. The van der Waals surface area contributed by atoms with E-state index in [1.165, 1.54) is 0 Å².